The Morgan fingerprint density at radius 2 is 1.61 bits per heavy atom. The minimum absolute atomic E-state index is 0.110. The van der Waals surface area contributed by atoms with Gasteiger partial charge in [0.05, 0.1) is 16.2 Å². The molecule has 1 N–H and O–H groups in total. The molecule has 1 amide bonds. The van der Waals surface area contributed by atoms with Gasteiger partial charge in [-0.1, -0.05) is 36.4 Å². The molecule has 0 unspecified atom stereocenters. The summed E-state index contributed by atoms with van der Waals surface area (Å²) in [6, 6.07) is 14.7. The maximum Gasteiger partial charge on any atom is 0.258 e. The van der Waals surface area contributed by atoms with Crippen LogP contribution in [0.15, 0.2) is 53.4 Å². The van der Waals surface area contributed by atoms with Crippen molar-refractivity contribution in [2.75, 3.05) is 17.8 Å². The van der Waals surface area contributed by atoms with Gasteiger partial charge in [-0.2, -0.15) is 0 Å². The van der Waals surface area contributed by atoms with Crippen molar-refractivity contribution in [3.63, 3.8) is 0 Å². The normalized spacial score (nSPS) is 16.9. The van der Waals surface area contributed by atoms with Crippen LogP contribution in [0.5, 0.6) is 0 Å². The number of hydrogen-bond acceptors (Lipinski definition) is 3. The van der Waals surface area contributed by atoms with E-state index in [1.165, 1.54) is 0 Å². The molecule has 2 aromatic rings. The number of para-hydroxylation sites is 1. The van der Waals surface area contributed by atoms with E-state index in [1.807, 2.05) is 29.2 Å². The van der Waals surface area contributed by atoms with Crippen molar-refractivity contribution in [1.29, 1.82) is 0 Å². The molecule has 0 atom stereocenters. The van der Waals surface area contributed by atoms with Gasteiger partial charge in [0.15, 0.2) is 0 Å². The Bertz CT molecular complexity index is 1020. The number of fused-ring (bicyclic) bond motifs is 1. The van der Waals surface area contributed by atoms with E-state index in [-0.39, 0.29) is 5.91 Å². The van der Waals surface area contributed by atoms with Crippen molar-refractivity contribution in [2.24, 2.45) is 0 Å². The fraction of sp³-hybridized carbons (Fsp3) is 0.318. The fourth-order valence-electron chi connectivity index (χ4n) is 3.85. The summed E-state index contributed by atoms with van der Waals surface area (Å²) in [7, 11) is -3.73. The topological polar surface area (TPSA) is 66.5 Å². The van der Waals surface area contributed by atoms with Gasteiger partial charge in [0.2, 0.25) is 0 Å². The Balaban J connectivity index is 1.61. The van der Waals surface area contributed by atoms with E-state index < -0.39 is 10.0 Å². The van der Waals surface area contributed by atoms with E-state index in [4.69, 9.17) is 0 Å². The first-order valence-electron chi connectivity index (χ1n) is 9.74. The average Bonchev–Trinajstić information content (AvgIpc) is 2.73. The lowest BCUT2D eigenvalue weighted by molar-refractivity contribution is 0.0725. The summed E-state index contributed by atoms with van der Waals surface area (Å²) in [5, 5.41) is 0. The quantitative estimate of drug-likeness (QED) is 0.848. The zero-order valence-electron chi connectivity index (χ0n) is 15.7. The maximum absolute atomic E-state index is 13.0. The molecule has 146 valence electrons. The summed E-state index contributed by atoms with van der Waals surface area (Å²) in [6.45, 7) is 1.45. The number of aryl methyl sites for hydroxylation is 1. The van der Waals surface area contributed by atoms with Crippen molar-refractivity contribution < 1.29 is 13.2 Å². The molecule has 0 aromatic heterocycles. The van der Waals surface area contributed by atoms with Crippen LogP contribution in [0.3, 0.4) is 0 Å². The molecule has 2 aromatic carbocycles. The molecule has 1 heterocycles. The second-order valence-electron chi connectivity index (χ2n) is 7.31. The summed E-state index contributed by atoms with van der Waals surface area (Å²) < 4.78 is 28.7. The average molecular weight is 397 g/mol. The Morgan fingerprint density at radius 3 is 2.43 bits per heavy atom. The van der Waals surface area contributed by atoms with Crippen molar-refractivity contribution in [3.8, 4) is 0 Å². The number of hydrogen-bond donors (Lipinski definition) is 1. The third-order valence-electron chi connectivity index (χ3n) is 5.40. The number of sulfonamides is 1. The number of anilines is 1. The van der Waals surface area contributed by atoms with E-state index in [0.29, 0.717) is 29.0 Å². The van der Waals surface area contributed by atoms with E-state index in [9.17, 15) is 13.2 Å². The minimum atomic E-state index is -3.73. The van der Waals surface area contributed by atoms with Crippen LogP contribution in [-0.4, -0.2) is 32.3 Å². The third kappa shape index (κ3) is 3.83. The molecular weight excluding hydrogens is 372 g/mol. The van der Waals surface area contributed by atoms with Crippen molar-refractivity contribution in [3.05, 3.63) is 70.1 Å². The molecule has 2 aliphatic rings. The smallest absolute Gasteiger partial charge is 0.258 e. The largest absolute Gasteiger partial charge is 0.339 e. The molecular formula is C22H24N2O3S. The van der Waals surface area contributed by atoms with Gasteiger partial charge < -0.3 is 4.90 Å². The highest BCUT2D eigenvalue weighted by Gasteiger charge is 2.25. The Labute approximate surface area is 166 Å². The number of likely N-dealkylation sites (tertiary alicyclic amines) is 1. The number of amides is 1. The number of allylic oxidation sites excluding steroid dienone is 1. The van der Waals surface area contributed by atoms with E-state index in [0.717, 1.165) is 43.5 Å². The Kier molecular flexibility index (Phi) is 5.22. The second kappa shape index (κ2) is 7.80. The molecule has 0 bridgehead atoms. The highest BCUT2D eigenvalue weighted by atomic mass is 32.2. The van der Waals surface area contributed by atoms with E-state index in [2.05, 4.69) is 4.72 Å². The van der Waals surface area contributed by atoms with Crippen molar-refractivity contribution in [2.45, 2.75) is 32.1 Å². The van der Waals surface area contributed by atoms with Crippen LogP contribution < -0.4 is 4.72 Å². The highest BCUT2D eigenvalue weighted by molar-refractivity contribution is 7.96. The van der Waals surface area contributed by atoms with E-state index in [1.54, 1.807) is 30.3 Å². The summed E-state index contributed by atoms with van der Waals surface area (Å²) in [5.74, 6) is -0.110. The number of nitrogens with one attached hydrogen (secondary N) is 1. The van der Waals surface area contributed by atoms with Gasteiger partial charge in [-0.25, -0.2) is 8.42 Å². The molecule has 1 aliphatic heterocycles. The van der Waals surface area contributed by atoms with Crippen molar-refractivity contribution in [1.82, 2.24) is 4.90 Å². The molecule has 1 fully saturated rings. The first kappa shape index (κ1) is 18.7. The molecule has 0 saturated carbocycles. The van der Waals surface area contributed by atoms with Gasteiger partial charge in [-0.3, -0.25) is 9.52 Å². The molecule has 4 rings (SSSR count). The Hall–Kier alpha value is -2.60. The van der Waals surface area contributed by atoms with Crippen LogP contribution in [0.4, 0.5) is 5.69 Å². The standard InChI is InChI=1S/C22H24N2O3S/c25-22(24-14-6-1-7-15-24)20-10-4-5-11-21(20)23-28(26,27)19-13-12-17-8-2-3-9-18(17)16-19/h2-5,8-11,16,23H,1,6-7,12-15H2. The summed E-state index contributed by atoms with van der Waals surface area (Å²) in [5.41, 5.74) is 2.84. The fourth-order valence-corrected chi connectivity index (χ4v) is 5.11. The first-order chi connectivity index (χ1) is 13.5. The predicted octanol–water partition coefficient (Wildman–Crippen LogP) is 4.04. The van der Waals surface area contributed by atoms with Crippen molar-refractivity contribution >= 4 is 27.7 Å². The summed E-state index contributed by atoms with van der Waals surface area (Å²) in [4.78, 5) is 15.1. The zero-order chi connectivity index (χ0) is 19.6. The number of benzene rings is 2. The van der Waals surface area contributed by atoms with Gasteiger partial charge in [0.1, 0.15) is 0 Å². The Morgan fingerprint density at radius 1 is 0.893 bits per heavy atom. The minimum Gasteiger partial charge on any atom is -0.339 e. The van der Waals surface area contributed by atoms with Gasteiger partial charge in [0, 0.05) is 13.1 Å². The third-order valence-corrected chi connectivity index (χ3v) is 6.90. The van der Waals surface area contributed by atoms with Gasteiger partial charge in [-0.15, -0.1) is 0 Å². The lowest BCUT2D eigenvalue weighted by Gasteiger charge is -2.27. The molecule has 1 aliphatic carbocycles. The molecule has 0 spiro atoms. The molecule has 28 heavy (non-hydrogen) atoms. The highest BCUT2D eigenvalue weighted by Crippen LogP contribution is 2.29. The van der Waals surface area contributed by atoms with Crippen LogP contribution in [0, 0.1) is 0 Å². The second-order valence-corrected chi connectivity index (χ2v) is 9.05. The van der Waals surface area contributed by atoms with Gasteiger partial charge >= 0.3 is 0 Å². The molecule has 5 nitrogen and oxygen atoms in total. The van der Waals surface area contributed by atoms with Crippen LogP contribution in [-0.2, 0) is 16.4 Å². The molecule has 1 saturated heterocycles. The monoisotopic (exact) mass is 396 g/mol. The number of piperidine rings is 1. The lowest BCUT2D eigenvalue weighted by Crippen LogP contribution is -2.36. The predicted molar refractivity (Wildman–Crippen MR) is 111 cm³/mol. The van der Waals surface area contributed by atoms with Gasteiger partial charge in [0.25, 0.3) is 15.9 Å². The van der Waals surface area contributed by atoms with Crippen LogP contribution >= 0.6 is 0 Å². The molecule has 0 radical (unpaired) electrons. The lowest BCUT2D eigenvalue weighted by atomic mass is 9.98. The SMILES string of the molecule is O=C(c1ccccc1NS(=O)(=O)C1=Cc2ccccc2CC1)N1CCCCC1. The maximum atomic E-state index is 13.0. The molecule has 6 heteroatoms. The van der Waals surface area contributed by atoms with Crippen LogP contribution in [0.2, 0.25) is 0 Å². The van der Waals surface area contributed by atoms with Crippen LogP contribution in [0.1, 0.15) is 47.2 Å². The number of nitrogens with zero attached hydrogens (tertiary/aromatic N) is 1. The first-order valence-corrected chi connectivity index (χ1v) is 11.2. The number of carbonyl (C=O) groups is 1. The van der Waals surface area contributed by atoms with E-state index >= 15 is 0 Å². The number of carbonyl (C=O) groups excluding carboxylic acids is 1. The van der Waals surface area contributed by atoms with Gasteiger partial charge in [-0.05, 0) is 61.4 Å². The summed E-state index contributed by atoms with van der Waals surface area (Å²) in [6.07, 6.45) is 5.99. The van der Waals surface area contributed by atoms with Crippen LogP contribution in [0.25, 0.3) is 6.08 Å². The number of rotatable bonds is 4. The summed E-state index contributed by atoms with van der Waals surface area (Å²) >= 11 is 0. The zero-order valence-corrected chi connectivity index (χ0v) is 16.5.